The van der Waals surface area contributed by atoms with Gasteiger partial charge >= 0.3 is 0 Å². The monoisotopic (exact) mass is 354 g/mol. The Balaban J connectivity index is 1.83. The maximum Gasteiger partial charge on any atom is 0.259 e. The van der Waals surface area contributed by atoms with Crippen molar-refractivity contribution >= 4 is 23.2 Å². The van der Waals surface area contributed by atoms with Crippen LogP contribution in [0.5, 0.6) is 11.5 Å². The lowest BCUT2D eigenvalue weighted by Gasteiger charge is -2.29. The summed E-state index contributed by atoms with van der Waals surface area (Å²) >= 11 is 0. The number of nitrogens with zero attached hydrogens (tertiary/aromatic N) is 1. The molecule has 0 spiro atoms. The molecule has 136 valence electrons. The molecule has 6 nitrogen and oxygen atoms in total. The highest BCUT2D eigenvalue weighted by molar-refractivity contribution is 6.06. The zero-order valence-corrected chi connectivity index (χ0v) is 15.2. The zero-order valence-electron chi connectivity index (χ0n) is 15.2. The minimum atomic E-state index is -0.260. The number of benzene rings is 2. The Morgan fingerprint density at radius 3 is 2.58 bits per heavy atom. The summed E-state index contributed by atoms with van der Waals surface area (Å²) in [4.78, 5) is 26.2. The maximum atomic E-state index is 12.6. The summed E-state index contributed by atoms with van der Waals surface area (Å²) in [6.07, 6.45) is 1.80. The van der Waals surface area contributed by atoms with E-state index < -0.39 is 0 Å². The standard InChI is InChI=1S/C20H22N2O4/c1-13(23)22-10-4-5-14-11-15(6-9-18(14)22)21-20(24)17-8-7-16(25-2)12-19(17)26-3/h6-9,11-12H,4-5,10H2,1-3H3,(H,21,24). The summed E-state index contributed by atoms with van der Waals surface area (Å²) in [5, 5.41) is 2.90. The molecule has 2 aromatic carbocycles. The van der Waals surface area contributed by atoms with Crippen LogP contribution in [-0.2, 0) is 11.2 Å². The van der Waals surface area contributed by atoms with E-state index in [4.69, 9.17) is 9.47 Å². The van der Waals surface area contributed by atoms with E-state index in [1.54, 1.807) is 37.1 Å². The fraction of sp³-hybridized carbons (Fsp3) is 0.300. The lowest BCUT2D eigenvalue weighted by Crippen LogP contribution is -2.33. The highest BCUT2D eigenvalue weighted by Crippen LogP contribution is 2.31. The highest BCUT2D eigenvalue weighted by atomic mass is 16.5. The fourth-order valence-corrected chi connectivity index (χ4v) is 3.19. The molecule has 0 atom stereocenters. The number of aryl methyl sites for hydroxylation is 1. The summed E-state index contributed by atoms with van der Waals surface area (Å²) in [5.41, 5.74) is 3.10. The van der Waals surface area contributed by atoms with Crippen LogP contribution in [0.15, 0.2) is 36.4 Å². The summed E-state index contributed by atoms with van der Waals surface area (Å²) in [7, 11) is 3.08. The van der Waals surface area contributed by atoms with Crippen LogP contribution in [0.2, 0.25) is 0 Å². The number of ether oxygens (including phenoxy) is 2. The van der Waals surface area contributed by atoms with Gasteiger partial charge in [0.05, 0.1) is 19.8 Å². The zero-order chi connectivity index (χ0) is 18.7. The van der Waals surface area contributed by atoms with Crippen molar-refractivity contribution in [2.24, 2.45) is 0 Å². The molecule has 0 fully saturated rings. The molecule has 1 aliphatic heterocycles. The van der Waals surface area contributed by atoms with E-state index >= 15 is 0 Å². The molecule has 1 aliphatic rings. The van der Waals surface area contributed by atoms with Crippen LogP contribution in [0.3, 0.4) is 0 Å². The van der Waals surface area contributed by atoms with Gasteiger partial charge < -0.3 is 19.7 Å². The van der Waals surface area contributed by atoms with Gasteiger partial charge in [-0.05, 0) is 48.7 Å². The van der Waals surface area contributed by atoms with Gasteiger partial charge in [0.1, 0.15) is 11.5 Å². The third-order valence-corrected chi connectivity index (χ3v) is 4.49. The average molecular weight is 354 g/mol. The van der Waals surface area contributed by atoms with Crippen molar-refractivity contribution in [3.8, 4) is 11.5 Å². The van der Waals surface area contributed by atoms with Gasteiger partial charge in [-0.1, -0.05) is 0 Å². The molecule has 0 aromatic heterocycles. The first-order valence-corrected chi connectivity index (χ1v) is 8.48. The van der Waals surface area contributed by atoms with Crippen molar-refractivity contribution in [1.29, 1.82) is 0 Å². The smallest absolute Gasteiger partial charge is 0.259 e. The van der Waals surface area contributed by atoms with Crippen LogP contribution in [0.1, 0.15) is 29.3 Å². The number of hydrogen-bond acceptors (Lipinski definition) is 4. The Hall–Kier alpha value is -3.02. The molecule has 0 saturated carbocycles. The Morgan fingerprint density at radius 2 is 1.88 bits per heavy atom. The molecule has 2 amide bonds. The van der Waals surface area contributed by atoms with Crippen LogP contribution in [0, 0.1) is 0 Å². The summed E-state index contributed by atoms with van der Waals surface area (Å²) in [6.45, 7) is 2.30. The van der Waals surface area contributed by atoms with E-state index in [0.29, 0.717) is 22.7 Å². The van der Waals surface area contributed by atoms with Gasteiger partial charge in [-0.2, -0.15) is 0 Å². The van der Waals surface area contributed by atoms with E-state index in [-0.39, 0.29) is 11.8 Å². The van der Waals surface area contributed by atoms with Crippen molar-refractivity contribution in [2.75, 3.05) is 31.0 Å². The normalized spacial score (nSPS) is 13.0. The quantitative estimate of drug-likeness (QED) is 0.915. The second kappa shape index (κ2) is 7.47. The van der Waals surface area contributed by atoms with Gasteiger partial charge in [0.2, 0.25) is 5.91 Å². The highest BCUT2D eigenvalue weighted by Gasteiger charge is 2.21. The first-order valence-electron chi connectivity index (χ1n) is 8.48. The van der Waals surface area contributed by atoms with Gasteiger partial charge in [0.25, 0.3) is 5.91 Å². The molecular weight excluding hydrogens is 332 g/mol. The summed E-state index contributed by atoms with van der Waals surface area (Å²) in [6, 6.07) is 10.7. The molecule has 0 unspecified atom stereocenters. The maximum absolute atomic E-state index is 12.6. The van der Waals surface area contributed by atoms with Gasteiger partial charge in [0, 0.05) is 30.9 Å². The molecule has 1 heterocycles. The lowest BCUT2D eigenvalue weighted by atomic mass is 10.0. The molecule has 0 bridgehead atoms. The van der Waals surface area contributed by atoms with Gasteiger partial charge in [0.15, 0.2) is 0 Å². The molecule has 3 rings (SSSR count). The number of fused-ring (bicyclic) bond motifs is 1. The molecule has 1 N–H and O–H groups in total. The Bertz CT molecular complexity index is 848. The fourth-order valence-electron chi connectivity index (χ4n) is 3.19. The SMILES string of the molecule is COc1ccc(C(=O)Nc2ccc3c(c2)CCCN3C(C)=O)c(OC)c1. The van der Waals surface area contributed by atoms with Crippen LogP contribution in [0.25, 0.3) is 0 Å². The van der Waals surface area contributed by atoms with Crippen LogP contribution < -0.4 is 19.7 Å². The number of amides is 2. The molecule has 0 radical (unpaired) electrons. The van der Waals surface area contributed by atoms with Crippen molar-refractivity contribution in [2.45, 2.75) is 19.8 Å². The minimum absolute atomic E-state index is 0.0331. The average Bonchev–Trinajstić information content (AvgIpc) is 2.66. The first kappa shape index (κ1) is 17.8. The summed E-state index contributed by atoms with van der Waals surface area (Å²) < 4.78 is 10.5. The van der Waals surface area contributed by atoms with Crippen LogP contribution in [0.4, 0.5) is 11.4 Å². The number of carbonyl (C=O) groups excluding carboxylic acids is 2. The number of methoxy groups -OCH3 is 2. The van der Waals surface area contributed by atoms with E-state index in [0.717, 1.165) is 30.6 Å². The first-order chi connectivity index (χ1) is 12.5. The topological polar surface area (TPSA) is 67.9 Å². The predicted octanol–water partition coefficient (Wildman–Crippen LogP) is 3.26. The van der Waals surface area contributed by atoms with E-state index in [1.807, 2.05) is 18.2 Å². The second-order valence-corrected chi connectivity index (χ2v) is 6.14. The summed E-state index contributed by atoms with van der Waals surface area (Å²) in [5.74, 6) is 0.841. The third-order valence-electron chi connectivity index (χ3n) is 4.49. The molecular formula is C20H22N2O4. The number of hydrogen-bond donors (Lipinski definition) is 1. The van der Waals surface area contributed by atoms with E-state index in [9.17, 15) is 9.59 Å². The molecule has 0 aliphatic carbocycles. The van der Waals surface area contributed by atoms with E-state index in [2.05, 4.69) is 5.32 Å². The largest absolute Gasteiger partial charge is 0.497 e. The van der Waals surface area contributed by atoms with Gasteiger partial charge in [-0.3, -0.25) is 9.59 Å². The number of nitrogens with one attached hydrogen (secondary N) is 1. The minimum Gasteiger partial charge on any atom is -0.497 e. The Morgan fingerprint density at radius 1 is 1.08 bits per heavy atom. The molecule has 0 saturated heterocycles. The molecule has 26 heavy (non-hydrogen) atoms. The van der Waals surface area contributed by atoms with Gasteiger partial charge in [-0.25, -0.2) is 0 Å². The predicted molar refractivity (Wildman–Crippen MR) is 100 cm³/mol. The number of anilines is 2. The molecule has 2 aromatic rings. The van der Waals surface area contributed by atoms with Crippen molar-refractivity contribution in [1.82, 2.24) is 0 Å². The Labute approximate surface area is 152 Å². The van der Waals surface area contributed by atoms with Crippen molar-refractivity contribution in [3.63, 3.8) is 0 Å². The van der Waals surface area contributed by atoms with E-state index in [1.165, 1.54) is 7.11 Å². The molecule has 6 heteroatoms. The van der Waals surface area contributed by atoms with Crippen molar-refractivity contribution < 1.29 is 19.1 Å². The number of rotatable bonds is 4. The van der Waals surface area contributed by atoms with Crippen molar-refractivity contribution in [3.05, 3.63) is 47.5 Å². The second-order valence-electron chi connectivity index (χ2n) is 6.14. The van der Waals surface area contributed by atoms with Gasteiger partial charge in [-0.15, -0.1) is 0 Å². The number of carbonyl (C=O) groups is 2. The Kier molecular flexibility index (Phi) is 5.11. The third kappa shape index (κ3) is 3.49. The van der Waals surface area contributed by atoms with Crippen LogP contribution in [-0.4, -0.2) is 32.6 Å². The lowest BCUT2D eigenvalue weighted by molar-refractivity contribution is -0.116. The van der Waals surface area contributed by atoms with Crippen LogP contribution >= 0.6 is 0 Å².